The van der Waals surface area contributed by atoms with Crippen LogP contribution in [0.2, 0.25) is 10.0 Å². The van der Waals surface area contributed by atoms with Gasteiger partial charge in [0.05, 0.1) is 17.0 Å². The average Bonchev–Trinajstić information content (AvgIpc) is 3.22. The third-order valence-corrected chi connectivity index (χ3v) is 5.68. The molecule has 2 fully saturated rings. The molecule has 0 radical (unpaired) electrons. The lowest BCUT2D eigenvalue weighted by atomic mass is 9.99. The largest absolute Gasteiger partial charge is 0.573 e. The van der Waals surface area contributed by atoms with Crippen molar-refractivity contribution in [3.05, 3.63) is 58.1 Å². The van der Waals surface area contributed by atoms with Crippen LogP contribution in [-0.4, -0.2) is 24.4 Å². The van der Waals surface area contributed by atoms with E-state index in [1.807, 2.05) is 0 Å². The van der Waals surface area contributed by atoms with Gasteiger partial charge in [-0.3, -0.25) is 9.59 Å². The third-order valence-electron chi connectivity index (χ3n) is 5.25. The van der Waals surface area contributed by atoms with Crippen molar-refractivity contribution in [2.24, 2.45) is 11.3 Å². The van der Waals surface area contributed by atoms with E-state index in [0.29, 0.717) is 21.3 Å². The molecule has 31 heavy (non-hydrogen) atoms. The number of nitrogens with zero attached hydrogens (tertiary/aromatic N) is 1. The minimum atomic E-state index is -4.78. The molecule has 0 N–H and O–H groups in total. The van der Waals surface area contributed by atoms with Crippen LogP contribution in [0.4, 0.5) is 22.7 Å². The van der Waals surface area contributed by atoms with Crippen molar-refractivity contribution >= 4 is 52.9 Å². The smallest absolute Gasteiger partial charge is 0.406 e. The van der Waals surface area contributed by atoms with Gasteiger partial charge >= 0.3 is 6.36 Å². The molecular weight excluding hydrogens is 481 g/mol. The number of rotatable bonds is 3. The predicted molar refractivity (Wildman–Crippen MR) is 111 cm³/mol. The number of hydrogen-bond donors (Lipinski definition) is 0. The van der Waals surface area contributed by atoms with Crippen molar-refractivity contribution < 1.29 is 31.4 Å². The van der Waals surface area contributed by atoms with Crippen molar-refractivity contribution in [1.29, 1.82) is 0 Å². The van der Waals surface area contributed by atoms with Crippen LogP contribution in [0.15, 0.2) is 42.5 Å². The number of piperidine rings is 1. The highest BCUT2D eigenvalue weighted by atomic mass is 35.5. The second-order valence-corrected chi connectivity index (χ2v) is 8.30. The SMILES string of the molecule is CSF.C[C@@]12C(=O)N(c3cc(Cl)cc(Cl)c3)C(=O)C1[C@@H]2c1ccc(OC(F)(F)F)cc1. The van der Waals surface area contributed by atoms with Crippen molar-refractivity contribution in [3.8, 4) is 5.75 Å². The molecule has 0 bridgehead atoms. The van der Waals surface area contributed by atoms with E-state index in [0.717, 1.165) is 4.90 Å². The predicted octanol–water partition coefficient (Wildman–Crippen LogP) is 6.42. The third kappa shape index (κ3) is 4.49. The van der Waals surface area contributed by atoms with E-state index in [-0.39, 0.29) is 29.7 Å². The molecule has 11 heteroatoms. The molecule has 0 aromatic heterocycles. The second kappa shape index (κ2) is 8.52. The van der Waals surface area contributed by atoms with Gasteiger partial charge in [-0.2, -0.15) is 3.89 Å². The fraction of sp³-hybridized carbons (Fsp3) is 0.300. The van der Waals surface area contributed by atoms with Crippen molar-refractivity contribution in [3.63, 3.8) is 0 Å². The van der Waals surface area contributed by atoms with E-state index in [1.165, 1.54) is 48.7 Å². The number of alkyl halides is 3. The van der Waals surface area contributed by atoms with Gasteiger partial charge in [0.25, 0.3) is 0 Å². The Morgan fingerprint density at radius 1 is 1.03 bits per heavy atom. The first-order chi connectivity index (χ1) is 14.4. The summed E-state index contributed by atoms with van der Waals surface area (Å²) >= 11 is 12.2. The van der Waals surface area contributed by atoms with Crippen LogP contribution in [0.5, 0.6) is 5.75 Å². The van der Waals surface area contributed by atoms with E-state index >= 15 is 0 Å². The van der Waals surface area contributed by atoms with Crippen LogP contribution in [0.3, 0.4) is 0 Å². The molecular formula is C20H15Cl2F4NO3S. The Bertz CT molecular complexity index is 998. The van der Waals surface area contributed by atoms with Crippen LogP contribution in [-0.2, 0) is 9.59 Å². The molecule has 2 aromatic rings. The molecule has 1 saturated heterocycles. The van der Waals surface area contributed by atoms with Gasteiger partial charge in [-0.1, -0.05) is 35.3 Å². The standard InChI is InChI=1S/C19H12Cl2F3NO3.CH3FS/c1-18-14(9-2-4-13(5-3-9)28-19(22,23)24)15(18)16(26)25(17(18)27)12-7-10(20)6-11(21)8-12;1-3-2/h2-8,14-15H,1H3;1H3/t14-,15?,18-;/m0./s1. The van der Waals surface area contributed by atoms with Gasteiger partial charge in [-0.25, -0.2) is 4.90 Å². The van der Waals surface area contributed by atoms with Gasteiger partial charge < -0.3 is 4.74 Å². The van der Waals surface area contributed by atoms with Crippen LogP contribution in [0.25, 0.3) is 0 Å². The molecule has 3 atom stereocenters. The van der Waals surface area contributed by atoms with Crippen LogP contribution >= 0.6 is 35.3 Å². The fourth-order valence-electron chi connectivity index (χ4n) is 3.99. The molecule has 1 heterocycles. The minimum absolute atomic E-state index is 0.250. The second-order valence-electron chi connectivity index (χ2n) is 7.12. The number of benzene rings is 2. The molecule has 4 nitrogen and oxygen atoms in total. The monoisotopic (exact) mass is 495 g/mol. The number of imide groups is 1. The van der Waals surface area contributed by atoms with E-state index < -0.39 is 23.6 Å². The molecule has 1 unspecified atom stereocenters. The maximum atomic E-state index is 13.0. The lowest BCUT2D eigenvalue weighted by Gasteiger charge is -2.21. The summed E-state index contributed by atoms with van der Waals surface area (Å²) in [6, 6.07) is 9.68. The minimum Gasteiger partial charge on any atom is -0.406 e. The molecule has 0 spiro atoms. The normalized spacial score (nSPS) is 24.5. The zero-order chi connectivity index (χ0) is 23.1. The molecule has 2 aliphatic rings. The number of amides is 2. The Labute approximate surface area is 189 Å². The number of halogens is 6. The number of fused-ring (bicyclic) bond motifs is 1. The Balaban J connectivity index is 0.000000858. The first-order valence-electron chi connectivity index (χ1n) is 8.79. The van der Waals surface area contributed by atoms with E-state index in [9.17, 15) is 26.6 Å². The highest BCUT2D eigenvalue weighted by Gasteiger charge is 2.77. The van der Waals surface area contributed by atoms with Crippen molar-refractivity contribution in [2.75, 3.05) is 11.2 Å². The molecule has 1 aliphatic carbocycles. The van der Waals surface area contributed by atoms with E-state index in [4.69, 9.17) is 23.2 Å². The lowest BCUT2D eigenvalue weighted by molar-refractivity contribution is -0.274. The quantitative estimate of drug-likeness (QED) is 0.364. The van der Waals surface area contributed by atoms with Gasteiger partial charge in [-0.05, 0) is 42.8 Å². The summed E-state index contributed by atoms with van der Waals surface area (Å²) in [5.74, 6) is -2.13. The van der Waals surface area contributed by atoms with Gasteiger partial charge in [0.1, 0.15) is 5.75 Å². The van der Waals surface area contributed by atoms with E-state index in [2.05, 4.69) is 4.74 Å². The highest BCUT2D eigenvalue weighted by Crippen LogP contribution is 2.70. The number of carbonyl (C=O) groups excluding carboxylic acids is 2. The lowest BCUT2D eigenvalue weighted by Crippen LogP contribution is -2.36. The summed E-state index contributed by atoms with van der Waals surface area (Å²) in [5.41, 5.74) is -0.0562. The summed E-state index contributed by atoms with van der Waals surface area (Å²) in [6.07, 6.45) is -3.41. The first-order valence-corrected chi connectivity index (χ1v) is 10.7. The van der Waals surface area contributed by atoms with Crippen LogP contribution < -0.4 is 9.64 Å². The number of carbonyl (C=O) groups is 2. The first kappa shape index (κ1) is 23.7. The molecule has 4 rings (SSSR count). The molecule has 1 saturated carbocycles. The average molecular weight is 496 g/mol. The van der Waals surface area contributed by atoms with Gasteiger partial charge in [-0.15, -0.1) is 13.2 Å². The highest BCUT2D eigenvalue weighted by molar-refractivity contribution is 7.93. The molecule has 166 valence electrons. The molecule has 2 aromatic carbocycles. The molecule has 2 amide bonds. The van der Waals surface area contributed by atoms with Crippen LogP contribution in [0.1, 0.15) is 18.4 Å². The summed E-state index contributed by atoms with van der Waals surface area (Å²) in [5, 5.41) is 0.594. The Morgan fingerprint density at radius 2 is 1.55 bits per heavy atom. The zero-order valence-electron chi connectivity index (χ0n) is 16.0. The van der Waals surface area contributed by atoms with Gasteiger partial charge in [0.2, 0.25) is 11.8 Å². The van der Waals surface area contributed by atoms with E-state index in [1.54, 1.807) is 6.92 Å². The number of ether oxygens (including phenoxy) is 1. The summed E-state index contributed by atoms with van der Waals surface area (Å²) in [4.78, 5) is 26.9. The maximum absolute atomic E-state index is 13.0. The summed E-state index contributed by atoms with van der Waals surface area (Å²) in [6.45, 7) is 1.68. The topological polar surface area (TPSA) is 46.6 Å². The van der Waals surface area contributed by atoms with Crippen molar-refractivity contribution in [1.82, 2.24) is 0 Å². The van der Waals surface area contributed by atoms with Gasteiger partial charge in [0.15, 0.2) is 0 Å². The maximum Gasteiger partial charge on any atom is 0.573 e. The molecule has 1 aliphatic heterocycles. The van der Waals surface area contributed by atoms with Crippen molar-refractivity contribution in [2.45, 2.75) is 19.2 Å². The number of hydrogen-bond acceptors (Lipinski definition) is 4. The fourth-order valence-corrected chi connectivity index (χ4v) is 4.50. The number of anilines is 1. The summed E-state index contributed by atoms with van der Waals surface area (Å²) in [7, 11) is 0. The zero-order valence-corrected chi connectivity index (χ0v) is 18.4. The van der Waals surface area contributed by atoms with Crippen LogP contribution in [0, 0.1) is 11.3 Å². The Hall–Kier alpha value is -1.97. The Morgan fingerprint density at radius 3 is 1.97 bits per heavy atom. The Kier molecular flexibility index (Phi) is 6.51. The van der Waals surface area contributed by atoms with Gasteiger partial charge in [0, 0.05) is 34.4 Å². The summed E-state index contributed by atoms with van der Waals surface area (Å²) < 4.78 is 50.9.